The SMILES string of the molecule is Cc1ccc(Cc2noc(-c3cccc(C#N)c3)n2)cc1. The van der Waals surface area contributed by atoms with Gasteiger partial charge in [-0.05, 0) is 30.7 Å². The molecule has 0 atom stereocenters. The molecule has 0 aliphatic carbocycles. The quantitative estimate of drug-likeness (QED) is 0.733. The highest BCUT2D eigenvalue weighted by Crippen LogP contribution is 2.19. The number of nitriles is 1. The van der Waals surface area contributed by atoms with Gasteiger partial charge in [-0.2, -0.15) is 10.2 Å². The van der Waals surface area contributed by atoms with Crippen LogP contribution in [0.4, 0.5) is 0 Å². The second kappa shape index (κ2) is 5.59. The third-order valence-corrected chi connectivity index (χ3v) is 3.19. The smallest absolute Gasteiger partial charge is 0.257 e. The van der Waals surface area contributed by atoms with Gasteiger partial charge in [0.05, 0.1) is 11.6 Å². The fourth-order valence-electron chi connectivity index (χ4n) is 2.05. The molecule has 4 heteroatoms. The molecule has 102 valence electrons. The van der Waals surface area contributed by atoms with Gasteiger partial charge in [-0.15, -0.1) is 0 Å². The summed E-state index contributed by atoms with van der Waals surface area (Å²) >= 11 is 0. The van der Waals surface area contributed by atoms with Gasteiger partial charge in [0.1, 0.15) is 0 Å². The van der Waals surface area contributed by atoms with Crippen LogP contribution in [0.25, 0.3) is 11.5 Å². The van der Waals surface area contributed by atoms with Gasteiger partial charge in [0, 0.05) is 12.0 Å². The predicted molar refractivity (Wildman–Crippen MR) is 78.4 cm³/mol. The lowest BCUT2D eigenvalue weighted by Gasteiger charge is -1.97. The molecule has 2 aromatic carbocycles. The first-order valence-electron chi connectivity index (χ1n) is 6.63. The zero-order valence-corrected chi connectivity index (χ0v) is 11.6. The van der Waals surface area contributed by atoms with Crippen molar-refractivity contribution in [3.05, 3.63) is 71.0 Å². The van der Waals surface area contributed by atoms with Gasteiger partial charge >= 0.3 is 0 Å². The van der Waals surface area contributed by atoms with E-state index < -0.39 is 0 Å². The molecule has 0 amide bonds. The second-order valence-electron chi connectivity index (χ2n) is 4.87. The van der Waals surface area contributed by atoms with Gasteiger partial charge < -0.3 is 4.52 Å². The van der Waals surface area contributed by atoms with Crippen molar-refractivity contribution in [2.24, 2.45) is 0 Å². The molecule has 0 saturated carbocycles. The topological polar surface area (TPSA) is 62.7 Å². The molecule has 0 saturated heterocycles. The van der Waals surface area contributed by atoms with Crippen LogP contribution < -0.4 is 0 Å². The van der Waals surface area contributed by atoms with E-state index in [-0.39, 0.29) is 0 Å². The van der Waals surface area contributed by atoms with Crippen molar-refractivity contribution in [2.45, 2.75) is 13.3 Å². The standard InChI is InChI=1S/C17H13N3O/c1-12-5-7-13(8-6-12)10-16-19-17(21-20-16)15-4-2-3-14(9-15)11-18/h2-9H,10H2,1H3. The Balaban J connectivity index is 1.83. The predicted octanol–water partition coefficient (Wildman–Crippen LogP) is 3.51. The Labute approximate surface area is 122 Å². The minimum Gasteiger partial charge on any atom is -0.334 e. The van der Waals surface area contributed by atoms with E-state index in [1.54, 1.807) is 18.2 Å². The maximum absolute atomic E-state index is 8.91. The molecule has 3 rings (SSSR count). The van der Waals surface area contributed by atoms with E-state index >= 15 is 0 Å². The Morgan fingerprint density at radius 1 is 1.14 bits per heavy atom. The van der Waals surface area contributed by atoms with Crippen LogP contribution in [0.1, 0.15) is 22.5 Å². The number of benzene rings is 2. The van der Waals surface area contributed by atoms with Gasteiger partial charge in [-0.1, -0.05) is 41.1 Å². The third kappa shape index (κ3) is 2.98. The highest BCUT2D eigenvalue weighted by molar-refractivity contribution is 5.56. The van der Waals surface area contributed by atoms with E-state index in [4.69, 9.17) is 9.78 Å². The molecule has 1 heterocycles. The molecule has 0 unspecified atom stereocenters. The van der Waals surface area contributed by atoms with E-state index in [1.165, 1.54) is 5.56 Å². The number of nitrogens with zero attached hydrogens (tertiary/aromatic N) is 3. The summed E-state index contributed by atoms with van der Waals surface area (Å²) in [5.74, 6) is 1.07. The summed E-state index contributed by atoms with van der Waals surface area (Å²) in [4.78, 5) is 4.39. The zero-order valence-electron chi connectivity index (χ0n) is 11.6. The average Bonchev–Trinajstić information content (AvgIpc) is 2.98. The largest absolute Gasteiger partial charge is 0.334 e. The van der Waals surface area contributed by atoms with Crippen LogP contribution in [0.2, 0.25) is 0 Å². The van der Waals surface area contributed by atoms with Crippen molar-refractivity contribution in [1.82, 2.24) is 10.1 Å². The molecule has 1 aromatic heterocycles. The lowest BCUT2D eigenvalue weighted by atomic mass is 10.1. The van der Waals surface area contributed by atoms with Gasteiger partial charge in [0.2, 0.25) is 0 Å². The second-order valence-corrected chi connectivity index (χ2v) is 4.87. The van der Waals surface area contributed by atoms with Gasteiger partial charge in [-0.3, -0.25) is 0 Å². The van der Waals surface area contributed by atoms with Crippen molar-refractivity contribution in [2.75, 3.05) is 0 Å². The Kier molecular flexibility index (Phi) is 3.48. The third-order valence-electron chi connectivity index (χ3n) is 3.19. The van der Waals surface area contributed by atoms with Crippen molar-refractivity contribution < 1.29 is 4.52 Å². The normalized spacial score (nSPS) is 10.3. The van der Waals surface area contributed by atoms with Crippen LogP contribution in [-0.2, 0) is 6.42 Å². The van der Waals surface area contributed by atoms with Crippen LogP contribution in [0.5, 0.6) is 0 Å². The van der Waals surface area contributed by atoms with E-state index in [0.717, 1.165) is 11.1 Å². The molecule has 0 N–H and O–H groups in total. The number of rotatable bonds is 3. The van der Waals surface area contributed by atoms with E-state index in [9.17, 15) is 0 Å². The molecule has 0 bridgehead atoms. The van der Waals surface area contributed by atoms with Crippen LogP contribution in [0.15, 0.2) is 53.1 Å². The minimum atomic E-state index is 0.439. The molecule has 0 aliphatic heterocycles. The summed E-state index contributed by atoms with van der Waals surface area (Å²) in [6.45, 7) is 2.05. The van der Waals surface area contributed by atoms with E-state index in [1.807, 2.05) is 6.07 Å². The van der Waals surface area contributed by atoms with E-state index in [2.05, 4.69) is 47.4 Å². The Morgan fingerprint density at radius 2 is 1.95 bits per heavy atom. The van der Waals surface area contributed by atoms with Crippen molar-refractivity contribution >= 4 is 0 Å². The molecule has 0 spiro atoms. The monoisotopic (exact) mass is 275 g/mol. The number of aromatic nitrogens is 2. The molecule has 0 fully saturated rings. The molecule has 3 aromatic rings. The summed E-state index contributed by atoms with van der Waals surface area (Å²) < 4.78 is 5.28. The van der Waals surface area contributed by atoms with E-state index in [0.29, 0.717) is 23.7 Å². The van der Waals surface area contributed by atoms with Crippen LogP contribution in [0.3, 0.4) is 0 Å². The molecule has 0 radical (unpaired) electrons. The first kappa shape index (κ1) is 13.1. The lowest BCUT2D eigenvalue weighted by molar-refractivity contribution is 0.424. The van der Waals surface area contributed by atoms with Crippen LogP contribution in [0, 0.1) is 18.3 Å². The number of hydrogen-bond acceptors (Lipinski definition) is 4. The van der Waals surface area contributed by atoms with Gasteiger partial charge in [0.25, 0.3) is 5.89 Å². The minimum absolute atomic E-state index is 0.439. The van der Waals surface area contributed by atoms with Crippen molar-refractivity contribution in [3.63, 3.8) is 0 Å². The molecular formula is C17H13N3O. The first-order chi connectivity index (χ1) is 10.2. The Morgan fingerprint density at radius 3 is 2.71 bits per heavy atom. The average molecular weight is 275 g/mol. The van der Waals surface area contributed by atoms with Crippen molar-refractivity contribution in [1.29, 1.82) is 5.26 Å². The Hall–Kier alpha value is -2.93. The molecule has 0 aliphatic rings. The highest BCUT2D eigenvalue weighted by Gasteiger charge is 2.09. The van der Waals surface area contributed by atoms with Crippen LogP contribution >= 0.6 is 0 Å². The van der Waals surface area contributed by atoms with Gasteiger partial charge in [-0.25, -0.2) is 0 Å². The molecule has 21 heavy (non-hydrogen) atoms. The summed E-state index contributed by atoms with van der Waals surface area (Å²) in [7, 11) is 0. The molecule has 4 nitrogen and oxygen atoms in total. The highest BCUT2D eigenvalue weighted by atomic mass is 16.5. The first-order valence-corrected chi connectivity index (χ1v) is 6.63. The summed E-state index contributed by atoms with van der Waals surface area (Å²) in [5.41, 5.74) is 3.70. The Bertz CT molecular complexity index is 797. The lowest BCUT2D eigenvalue weighted by Crippen LogP contribution is -1.90. The molecular weight excluding hydrogens is 262 g/mol. The van der Waals surface area contributed by atoms with Crippen LogP contribution in [-0.4, -0.2) is 10.1 Å². The zero-order chi connectivity index (χ0) is 14.7. The fourth-order valence-corrected chi connectivity index (χ4v) is 2.05. The maximum Gasteiger partial charge on any atom is 0.257 e. The fraction of sp³-hybridized carbons (Fsp3) is 0.118. The summed E-state index contributed by atoms with van der Waals surface area (Å²) in [6, 6.07) is 17.5. The number of aryl methyl sites for hydroxylation is 1. The van der Waals surface area contributed by atoms with Gasteiger partial charge in [0.15, 0.2) is 5.82 Å². The van der Waals surface area contributed by atoms with Crippen molar-refractivity contribution in [3.8, 4) is 17.5 Å². The summed E-state index contributed by atoms with van der Waals surface area (Å²) in [5, 5.41) is 12.9. The number of hydrogen-bond donors (Lipinski definition) is 0. The maximum atomic E-state index is 8.91. The summed E-state index contributed by atoms with van der Waals surface area (Å²) in [6.07, 6.45) is 0.627.